The third kappa shape index (κ3) is 4.10. The maximum Gasteiger partial charge on any atom is 0.305 e. The highest BCUT2D eigenvalue weighted by Crippen LogP contribution is 2.15. The first kappa shape index (κ1) is 14.6. The molecule has 98 valence electrons. The minimum atomic E-state index is -0.269. The van der Waals surface area contributed by atoms with Crippen molar-refractivity contribution in [1.29, 1.82) is 0 Å². The molecule has 0 N–H and O–H groups in total. The number of halogens is 1. The van der Waals surface area contributed by atoms with Gasteiger partial charge in [-0.05, 0) is 34.5 Å². The summed E-state index contributed by atoms with van der Waals surface area (Å²) < 4.78 is 5.20. The zero-order valence-electron chi connectivity index (χ0n) is 10.4. The molecule has 1 amide bonds. The molecule has 0 aliphatic rings. The van der Waals surface area contributed by atoms with E-state index in [1.165, 1.54) is 12.0 Å². The number of carbonyl (C=O) groups is 2. The van der Waals surface area contributed by atoms with E-state index in [4.69, 9.17) is 0 Å². The fraction of sp³-hybridized carbons (Fsp3) is 0.417. The average Bonchev–Trinajstić information content (AvgIpc) is 2.38. The van der Waals surface area contributed by atoms with E-state index in [0.29, 0.717) is 29.6 Å². The van der Waals surface area contributed by atoms with Crippen molar-refractivity contribution in [3.63, 3.8) is 0 Å². The molecule has 0 saturated heterocycles. The van der Waals surface area contributed by atoms with Crippen LogP contribution in [0, 0.1) is 0 Å². The highest BCUT2D eigenvalue weighted by Gasteiger charge is 2.15. The highest BCUT2D eigenvalue weighted by molar-refractivity contribution is 9.10. The van der Waals surface area contributed by atoms with Gasteiger partial charge in [-0.2, -0.15) is 0 Å². The Morgan fingerprint density at radius 1 is 1.50 bits per heavy atom. The number of rotatable bonds is 5. The lowest BCUT2D eigenvalue weighted by Crippen LogP contribution is -2.29. The monoisotopic (exact) mass is 314 g/mol. The number of carbonyl (C=O) groups excluding carboxylic acids is 2. The molecule has 1 rings (SSSR count). The van der Waals surface area contributed by atoms with E-state index in [9.17, 15) is 9.59 Å². The van der Waals surface area contributed by atoms with Crippen LogP contribution in [0.2, 0.25) is 0 Å². The summed E-state index contributed by atoms with van der Waals surface area (Å²) in [6.07, 6.45) is 2.44. The first-order valence-electron chi connectivity index (χ1n) is 5.49. The predicted octanol–water partition coefficient (Wildman–Crippen LogP) is 1.87. The fourth-order valence-electron chi connectivity index (χ4n) is 1.39. The number of esters is 1. The van der Waals surface area contributed by atoms with Crippen LogP contribution >= 0.6 is 15.9 Å². The van der Waals surface area contributed by atoms with Crippen LogP contribution in [-0.2, 0) is 9.53 Å². The van der Waals surface area contributed by atoms with Crippen molar-refractivity contribution in [2.24, 2.45) is 0 Å². The summed E-state index contributed by atoms with van der Waals surface area (Å²) in [5, 5.41) is 0. The zero-order valence-corrected chi connectivity index (χ0v) is 11.9. The average molecular weight is 315 g/mol. The van der Waals surface area contributed by atoms with Gasteiger partial charge in [0.05, 0.1) is 7.11 Å². The molecule has 0 radical (unpaired) electrons. The molecule has 0 unspecified atom stereocenters. The van der Waals surface area contributed by atoms with Gasteiger partial charge in [-0.1, -0.05) is 0 Å². The minimum Gasteiger partial charge on any atom is -0.469 e. The second-order valence-corrected chi connectivity index (χ2v) is 4.59. The van der Waals surface area contributed by atoms with Crippen LogP contribution in [0.5, 0.6) is 0 Å². The molecule has 0 aromatic carbocycles. The molecule has 0 bridgehead atoms. The Balaban J connectivity index is 2.52. The normalized spacial score (nSPS) is 9.94. The Kier molecular flexibility index (Phi) is 5.77. The maximum absolute atomic E-state index is 12.0. The van der Waals surface area contributed by atoms with Crippen molar-refractivity contribution >= 4 is 27.8 Å². The smallest absolute Gasteiger partial charge is 0.305 e. The van der Waals surface area contributed by atoms with Crippen LogP contribution in [0.4, 0.5) is 0 Å². The van der Waals surface area contributed by atoms with Gasteiger partial charge in [-0.25, -0.2) is 4.98 Å². The summed E-state index contributed by atoms with van der Waals surface area (Å²) in [5.41, 5.74) is 0.373. The molecule has 6 heteroatoms. The van der Waals surface area contributed by atoms with Gasteiger partial charge in [0, 0.05) is 30.7 Å². The first-order chi connectivity index (χ1) is 8.56. The summed E-state index contributed by atoms with van der Waals surface area (Å²) in [6.45, 7) is 0.483. The standard InChI is InChI=1S/C12H15BrN2O3/c1-15(8-4-6-10(16)18-2)12(17)11-9(13)5-3-7-14-11/h3,5,7H,4,6,8H2,1-2H3. The molecular formula is C12H15BrN2O3. The minimum absolute atomic E-state index is 0.174. The van der Waals surface area contributed by atoms with Crippen molar-refractivity contribution < 1.29 is 14.3 Å². The zero-order chi connectivity index (χ0) is 13.5. The van der Waals surface area contributed by atoms with Crippen molar-refractivity contribution in [2.45, 2.75) is 12.8 Å². The van der Waals surface area contributed by atoms with E-state index >= 15 is 0 Å². The molecule has 0 aliphatic heterocycles. The largest absolute Gasteiger partial charge is 0.469 e. The van der Waals surface area contributed by atoms with E-state index in [-0.39, 0.29) is 11.9 Å². The second-order valence-electron chi connectivity index (χ2n) is 3.74. The van der Waals surface area contributed by atoms with Crippen molar-refractivity contribution in [2.75, 3.05) is 20.7 Å². The topological polar surface area (TPSA) is 59.5 Å². The summed E-state index contributed by atoms with van der Waals surface area (Å²) in [6, 6.07) is 3.51. The van der Waals surface area contributed by atoms with Gasteiger partial charge in [0.2, 0.25) is 0 Å². The third-order valence-electron chi connectivity index (χ3n) is 2.41. The lowest BCUT2D eigenvalue weighted by Gasteiger charge is -2.16. The van der Waals surface area contributed by atoms with Gasteiger partial charge in [0.1, 0.15) is 5.69 Å². The second kappa shape index (κ2) is 7.10. The van der Waals surface area contributed by atoms with Gasteiger partial charge in [0.25, 0.3) is 5.91 Å². The van der Waals surface area contributed by atoms with Gasteiger partial charge in [0.15, 0.2) is 0 Å². The molecule has 0 spiro atoms. The molecule has 5 nitrogen and oxygen atoms in total. The Morgan fingerprint density at radius 3 is 2.83 bits per heavy atom. The molecule has 1 heterocycles. The number of nitrogens with zero attached hydrogens (tertiary/aromatic N) is 2. The van der Waals surface area contributed by atoms with Crippen molar-refractivity contribution in [3.05, 3.63) is 28.5 Å². The van der Waals surface area contributed by atoms with E-state index < -0.39 is 0 Å². The lowest BCUT2D eigenvalue weighted by molar-refractivity contribution is -0.140. The van der Waals surface area contributed by atoms with Gasteiger partial charge in [-0.15, -0.1) is 0 Å². The number of ether oxygens (including phenoxy) is 1. The molecule has 0 saturated carbocycles. The Labute approximate surface area is 114 Å². The summed E-state index contributed by atoms with van der Waals surface area (Å²) in [7, 11) is 3.03. The Bertz CT molecular complexity index is 437. The van der Waals surface area contributed by atoms with Gasteiger partial charge >= 0.3 is 5.97 Å². The van der Waals surface area contributed by atoms with Crippen LogP contribution in [0.1, 0.15) is 23.3 Å². The molecule has 0 fully saturated rings. The van der Waals surface area contributed by atoms with Crippen LogP contribution in [0.3, 0.4) is 0 Å². The maximum atomic E-state index is 12.0. The van der Waals surface area contributed by atoms with Crippen LogP contribution in [0.25, 0.3) is 0 Å². The number of amides is 1. The highest BCUT2D eigenvalue weighted by atomic mass is 79.9. The molecule has 18 heavy (non-hydrogen) atoms. The number of pyridine rings is 1. The van der Waals surface area contributed by atoms with Crippen LogP contribution < -0.4 is 0 Å². The third-order valence-corrected chi connectivity index (χ3v) is 3.05. The lowest BCUT2D eigenvalue weighted by atomic mass is 10.2. The van der Waals surface area contributed by atoms with Crippen LogP contribution in [0.15, 0.2) is 22.8 Å². The van der Waals surface area contributed by atoms with Crippen molar-refractivity contribution in [1.82, 2.24) is 9.88 Å². The van der Waals surface area contributed by atoms with E-state index in [0.717, 1.165) is 0 Å². The van der Waals surface area contributed by atoms with Crippen LogP contribution in [-0.4, -0.2) is 42.5 Å². The number of hydrogen-bond donors (Lipinski definition) is 0. The fourth-order valence-corrected chi connectivity index (χ4v) is 1.81. The van der Waals surface area contributed by atoms with E-state index in [1.807, 2.05) is 0 Å². The molecule has 1 aromatic rings. The molecule has 0 aliphatic carbocycles. The Hall–Kier alpha value is -1.43. The number of hydrogen-bond acceptors (Lipinski definition) is 4. The first-order valence-corrected chi connectivity index (χ1v) is 6.28. The summed E-state index contributed by atoms with van der Waals surface area (Å²) in [5.74, 6) is -0.442. The summed E-state index contributed by atoms with van der Waals surface area (Å²) in [4.78, 5) is 28.5. The number of methoxy groups -OCH3 is 1. The number of aromatic nitrogens is 1. The van der Waals surface area contributed by atoms with Gasteiger partial charge < -0.3 is 9.64 Å². The molecule has 0 atom stereocenters. The molecular weight excluding hydrogens is 300 g/mol. The van der Waals surface area contributed by atoms with E-state index in [1.54, 1.807) is 25.4 Å². The Morgan fingerprint density at radius 2 is 2.22 bits per heavy atom. The predicted molar refractivity (Wildman–Crippen MR) is 70.1 cm³/mol. The SMILES string of the molecule is COC(=O)CCCN(C)C(=O)c1ncccc1Br. The van der Waals surface area contributed by atoms with E-state index in [2.05, 4.69) is 25.7 Å². The quantitative estimate of drug-likeness (QED) is 0.778. The molecule has 1 aromatic heterocycles. The van der Waals surface area contributed by atoms with Gasteiger partial charge in [-0.3, -0.25) is 9.59 Å². The van der Waals surface area contributed by atoms with Crippen molar-refractivity contribution in [3.8, 4) is 0 Å². The summed E-state index contributed by atoms with van der Waals surface area (Å²) >= 11 is 3.28.